The van der Waals surface area contributed by atoms with E-state index in [0.717, 1.165) is 18.3 Å². The standard InChI is InChI=1S/C27H30F3N3O6S2/c1-14(27(28,29)30)33-41(37,38)21-10-9-19(17-7-5-6-8-18(17)21)22-20(13-39-26(2,3)4)32-24(40-22)23(34)31-16-11-15(12-16)25(35)36/h5-10,14-16,33H,11-13H2,1-4H3,(H,31,34)(H,35,36). The van der Waals surface area contributed by atoms with Crippen molar-refractivity contribution in [3.63, 3.8) is 0 Å². The summed E-state index contributed by atoms with van der Waals surface area (Å²) in [6, 6.07) is 6.52. The Morgan fingerprint density at radius 3 is 2.34 bits per heavy atom. The highest BCUT2D eigenvalue weighted by atomic mass is 32.2. The number of hydrogen-bond acceptors (Lipinski definition) is 7. The zero-order valence-electron chi connectivity index (χ0n) is 22.7. The van der Waals surface area contributed by atoms with Crippen LogP contribution in [-0.4, -0.2) is 54.2 Å². The maximum Gasteiger partial charge on any atom is 0.404 e. The number of benzene rings is 2. The summed E-state index contributed by atoms with van der Waals surface area (Å²) < 4.78 is 73.0. The molecule has 0 saturated heterocycles. The first-order valence-electron chi connectivity index (χ1n) is 12.7. The molecule has 0 aliphatic heterocycles. The molecule has 1 unspecified atom stereocenters. The maximum atomic E-state index is 13.1. The van der Waals surface area contributed by atoms with Crippen LogP contribution in [0.1, 0.15) is 56.0 Å². The predicted octanol–water partition coefficient (Wildman–Crippen LogP) is 5.10. The van der Waals surface area contributed by atoms with Crippen LogP contribution < -0.4 is 10.0 Å². The summed E-state index contributed by atoms with van der Waals surface area (Å²) in [4.78, 5) is 28.9. The molecule has 0 spiro atoms. The highest BCUT2D eigenvalue weighted by molar-refractivity contribution is 7.89. The van der Waals surface area contributed by atoms with Crippen LogP contribution in [0.25, 0.3) is 21.2 Å². The Hall–Kier alpha value is -3.07. The third kappa shape index (κ3) is 7.05. The van der Waals surface area contributed by atoms with Crippen LogP contribution in [0.2, 0.25) is 0 Å². The topological polar surface area (TPSA) is 135 Å². The average molecular weight is 614 g/mol. The van der Waals surface area contributed by atoms with E-state index in [1.807, 2.05) is 20.8 Å². The van der Waals surface area contributed by atoms with Crippen molar-refractivity contribution in [1.29, 1.82) is 0 Å². The first-order valence-corrected chi connectivity index (χ1v) is 15.0. The van der Waals surface area contributed by atoms with Crippen molar-refractivity contribution in [2.75, 3.05) is 0 Å². The van der Waals surface area contributed by atoms with Crippen molar-refractivity contribution >= 4 is 44.0 Å². The van der Waals surface area contributed by atoms with Gasteiger partial charge in [-0.3, -0.25) is 9.59 Å². The van der Waals surface area contributed by atoms with Crippen LogP contribution in [0.4, 0.5) is 13.2 Å². The summed E-state index contributed by atoms with van der Waals surface area (Å²) in [5.41, 5.74) is 0.417. The van der Waals surface area contributed by atoms with Gasteiger partial charge in [-0.2, -0.15) is 17.9 Å². The first-order chi connectivity index (χ1) is 19.0. The third-order valence-electron chi connectivity index (χ3n) is 6.60. The van der Waals surface area contributed by atoms with E-state index in [9.17, 15) is 31.2 Å². The number of thiazole rings is 1. The van der Waals surface area contributed by atoms with Crippen molar-refractivity contribution in [3.05, 3.63) is 47.1 Å². The van der Waals surface area contributed by atoms with Gasteiger partial charge in [-0.1, -0.05) is 30.3 Å². The number of carbonyl (C=O) groups excluding carboxylic acids is 1. The van der Waals surface area contributed by atoms with Crippen LogP contribution in [0.5, 0.6) is 0 Å². The predicted molar refractivity (Wildman–Crippen MR) is 147 cm³/mol. The number of carbonyl (C=O) groups is 2. The summed E-state index contributed by atoms with van der Waals surface area (Å²) in [5, 5.41) is 12.7. The molecule has 3 N–H and O–H groups in total. The van der Waals surface area contributed by atoms with Crippen LogP contribution in [0, 0.1) is 5.92 Å². The van der Waals surface area contributed by atoms with Crippen molar-refractivity contribution in [2.24, 2.45) is 5.92 Å². The number of sulfonamides is 1. The Labute approximate surface area is 239 Å². The van der Waals surface area contributed by atoms with Crippen molar-refractivity contribution in [1.82, 2.24) is 15.0 Å². The van der Waals surface area contributed by atoms with E-state index in [-0.39, 0.29) is 27.9 Å². The number of halogens is 3. The van der Waals surface area contributed by atoms with Gasteiger partial charge in [-0.05, 0) is 52.0 Å². The summed E-state index contributed by atoms with van der Waals surface area (Å²) in [6.45, 7) is 6.32. The lowest BCUT2D eigenvalue weighted by Gasteiger charge is -2.32. The number of ether oxygens (including phenoxy) is 1. The van der Waals surface area contributed by atoms with Crippen LogP contribution in [-0.2, 0) is 26.2 Å². The van der Waals surface area contributed by atoms with E-state index in [0.29, 0.717) is 34.4 Å². The Morgan fingerprint density at radius 1 is 1.12 bits per heavy atom. The maximum absolute atomic E-state index is 13.1. The molecular weight excluding hydrogens is 583 g/mol. The Morgan fingerprint density at radius 2 is 1.76 bits per heavy atom. The van der Waals surface area contributed by atoms with Crippen LogP contribution in [0.3, 0.4) is 0 Å². The molecule has 1 aliphatic carbocycles. The fourth-order valence-corrected chi connectivity index (χ4v) is 6.75. The molecule has 41 heavy (non-hydrogen) atoms. The van der Waals surface area contributed by atoms with Gasteiger partial charge in [0.25, 0.3) is 5.91 Å². The van der Waals surface area contributed by atoms with Gasteiger partial charge in [-0.25, -0.2) is 13.4 Å². The number of nitrogens with one attached hydrogen (secondary N) is 2. The SMILES string of the molecule is CC(NS(=O)(=O)c1ccc(-c2sc(C(=O)NC3CC(C(=O)O)C3)nc2COC(C)(C)C)c2ccccc12)C(F)(F)F. The molecule has 2 aromatic carbocycles. The van der Waals surface area contributed by atoms with Crippen molar-refractivity contribution in [3.8, 4) is 10.4 Å². The van der Waals surface area contributed by atoms with Gasteiger partial charge < -0.3 is 15.2 Å². The number of alkyl halides is 3. The van der Waals surface area contributed by atoms with Gasteiger partial charge >= 0.3 is 12.1 Å². The second-order valence-electron chi connectivity index (χ2n) is 10.9. The molecule has 4 rings (SSSR count). The third-order valence-corrected chi connectivity index (χ3v) is 9.33. The molecule has 1 aliphatic rings. The molecule has 1 fully saturated rings. The zero-order valence-corrected chi connectivity index (χ0v) is 24.3. The number of fused-ring (bicyclic) bond motifs is 1. The fourth-order valence-electron chi connectivity index (χ4n) is 4.29. The normalized spacial score (nSPS) is 18.6. The number of aromatic nitrogens is 1. The van der Waals surface area contributed by atoms with Crippen molar-refractivity contribution < 1.29 is 41.0 Å². The number of aliphatic carboxylic acids is 1. The van der Waals surface area contributed by atoms with E-state index in [4.69, 9.17) is 9.84 Å². The van der Waals surface area contributed by atoms with E-state index < -0.39 is 45.6 Å². The Kier molecular flexibility index (Phi) is 8.52. The molecule has 1 atom stereocenters. The smallest absolute Gasteiger partial charge is 0.404 e. The summed E-state index contributed by atoms with van der Waals surface area (Å²) in [7, 11) is -4.55. The minimum absolute atomic E-state index is 0.0339. The fraction of sp³-hybridized carbons (Fsp3) is 0.444. The first kappa shape index (κ1) is 30.9. The molecule has 1 aromatic heterocycles. The van der Waals surface area contributed by atoms with Gasteiger partial charge in [0, 0.05) is 17.0 Å². The summed E-state index contributed by atoms with van der Waals surface area (Å²) >= 11 is 1.06. The second-order valence-corrected chi connectivity index (χ2v) is 13.6. The molecular formula is C27H30F3N3O6S2. The van der Waals surface area contributed by atoms with E-state index in [2.05, 4.69) is 10.3 Å². The molecule has 1 heterocycles. The van der Waals surface area contributed by atoms with E-state index in [1.54, 1.807) is 22.9 Å². The molecule has 9 nitrogen and oxygen atoms in total. The summed E-state index contributed by atoms with van der Waals surface area (Å²) in [5.74, 6) is -1.88. The lowest BCUT2D eigenvalue weighted by molar-refractivity contribution is -0.147. The lowest BCUT2D eigenvalue weighted by atomic mass is 9.80. The molecule has 3 aromatic rings. The molecule has 0 radical (unpaired) electrons. The van der Waals surface area contributed by atoms with Gasteiger partial charge in [0.1, 0.15) is 6.04 Å². The number of carboxylic acids is 1. The van der Waals surface area contributed by atoms with Gasteiger partial charge in [0.15, 0.2) is 5.01 Å². The highest BCUT2D eigenvalue weighted by Gasteiger charge is 2.39. The molecule has 222 valence electrons. The highest BCUT2D eigenvalue weighted by Crippen LogP contribution is 2.39. The Bertz CT molecular complexity index is 1580. The van der Waals surface area contributed by atoms with Gasteiger partial charge in [0.05, 0.1) is 33.6 Å². The number of hydrogen-bond donors (Lipinski definition) is 3. The van der Waals surface area contributed by atoms with Gasteiger partial charge in [0.2, 0.25) is 10.0 Å². The molecule has 1 saturated carbocycles. The minimum Gasteiger partial charge on any atom is -0.481 e. The number of amides is 1. The largest absolute Gasteiger partial charge is 0.481 e. The molecule has 1 amide bonds. The van der Waals surface area contributed by atoms with Crippen LogP contribution in [0.15, 0.2) is 41.3 Å². The summed E-state index contributed by atoms with van der Waals surface area (Å²) in [6.07, 6.45) is -4.12. The monoisotopic (exact) mass is 613 g/mol. The Balaban J connectivity index is 1.74. The van der Waals surface area contributed by atoms with E-state index >= 15 is 0 Å². The molecule has 14 heteroatoms. The number of rotatable bonds is 9. The van der Waals surface area contributed by atoms with Crippen molar-refractivity contribution in [2.45, 2.75) is 75.9 Å². The number of nitrogens with zero attached hydrogens (tertiary/aromatic N) is 1. The lowest BCUT2D eigenvalue weighted by Crippen LogP contribution is -2.46. The minimum atomic E-state index is -4.77. The average Bonchev–Trinajstić information content (AvgIpc) is 3.26. The zero-order chi connectivity index (χ0) is 30.3. The van der Waals surface area contributed by atoms with Gasteiger partial charge in [-0.15, -0.1) is 11.3 Å². The number of carboxylic acid groups (broad SMARTS) is 1. The molecule has 0 bridgehead atoms. The second kappa shape index (κ2) is 11.3. The van der Waals surface area contributed by atoms with E-state index in [1.165, 1.54) is 18.2 Å². The quantitative estimate of drug-likeness (QED) is 0.306. The van der Waals surface area contributed by atoms with Crippen LogP contribution >= 0.6 is 11.3 Å².